The van der Waals surface area contributed by atoms with Crippen molar-refractivity contribution < 1.29 is 18.4 Å². The van der Waals surface area contributed by atoms with Crippen LogP contribution in [0, 0.1) is 5.82 Å². The minimum absolute atomic E-state index is 0.167. The number of carbonyl (C=O) groups excluding carboxylic acids is 1. The van der Waals surface area contributed by atoms with Gasteiger partial charge in [0, 0.05) is 11.6 Å². The van der Waals surface area contributed by atoms with E-state index in [1.165, 1.54) is 12.1 Å². The van der Waals surface area contributed by atoms with Gasteiger partial charge in [-0.3, -0.25) is 4.79 Å². The summed E-state index contributed by atoms with van der Waals surface area (Å²) in [4.78, 5) is 12.7. The van der Waals surface area contributed by atoms with E-state index >= 15 is 0 Å². The van der Waals surface area contributed by atoms with Gasteiger partial charge in [0.1, 0.15) is 11.6 Å². The number of anilines is 1. The van der Waals surface area contributed by atoms with E-state index in [1.807, 2.05) is 24.3 Å². The Morgan fingerprint density at radius 1 is 1.19 bits per heavy atom. The van der Waals surface area contributed by atoms with Gasteiger partial charge >= 0.3 is 0 Å². The summed E-state index contributed by atoms with van der Waals surface area (Å²) in [6, 6.07) is 15.3. The van der Waals surface area contributed by atoms with Crippen LogP contribution in [0.5, 0.6) is 5.75 Å². The number of ether oxygens (including phenoxy) is 1. The van der Waals surface area contributed by atoms with E-state index in [9.17, 15) is 9.18 Å². The Hall–Kier alpha value is -3.15. The first-order valence-corrected chi connectivity index (χ1v) is 8.30. The fourth-order valence-corrected chi connectivity index (χ4v) is 2.94. The Balaban J connectivity index is 1.58. The van der Waals surface area contributed by atoms with Gasteiger partial charge in [-0.05, 0) is 37.1 Å². The minimum Gasteiger partial charge on any atom is -0.497 e. The van der Waals surface area contributed by atoms with Crippen LogP contribution in [0.15, 0.2) is 59.1 Å². The largest absolute Gasteiger partial charge is 0.497 e. The molecule has 0 spiro atoms. The number of benzene rings is 2. The minimum atomic E-state index is -0.761. The molecule has 0 saturated heterocycles. The van der Waals surface area contributed by atoms with Gasteiger partial charge in [0.15, 0.2) is 5.76 Å². The van der Waals surface area contributed by atoms with Crippen LogP contribution in [0.4, 0.5) is 10.1 Å². The molecular weight excluding hydrogens is 335 g/mol. The fourth-order valence-electron chi connectivity index (χ4n) is 2.94. The maximum Gasteiger partial charge on any atom is 0.236 e. The van der Waals surface area contributed by atoms with E-state index in [0.717, 1.165) is 5.56 Å². The molecule has 26 heavy (non-hydrogen) atoms. The third kappa shape index (κ3) is 2.83. The SMILES string of the molecule is COc1cccc(-c2cc(C3(C(=O)Nc4ccccc4F)CC3)no2)c1. The molecule has 0 unspecified atom stereocenters. The molecule has 1 fully saturated rings. The zero-order valence-corrected chi connectivity index (χ0v) is 14.2. The molecule has 1 heterocycles. The summed E-state index contributed by atoms with van der Waals surface area (Å²) < 4.78 is 24.5. The Labute approximate surface area is 149 Å². The highest BCUT2D eigenvalue weighted by atomic mass is 19.1. The second kappa shape index (κ2) is 6.29. The van der Waals surface area contributed by atoms with Crippen molar-refractivity contribution in [3.8, 4) is 17.1 Å². The molecule has 1 amide bonds. The number of hydrogen-bond acceptors (Lipinski definition) is 4. The lowest BCUT2D eigenvalue weighted by Gasteiger charge is -2.12. The van der Waals surface area contributed by atoms with Crippen LogP contribution < -0.4 is 10.1 Å². The first kappa shape index (κ1) is 16.3. The molecule has 1 N–H and O–H groups in total. The number of nitrogens with zero attached hydrogens (tertiary/aromatic N) is 1. The number of methoxy groups -OCH3 is 1. The molecule has 0 atom stereocenters. The maximum absolute atomic E-state index is 13.8. The van der Waals surface area contributed by atoms with Crippen molar-refractivity contribution in [2.45, 2.75) is 18.3 Å². The smallest absolute Gasteiger partial charge is 0.236 e. The summed E-state index contributed by atoms with van der Waals surface area (Å²) in [5.74, 6) is 0.532. The monoisotopic (exact) mass is 352 g/mol. The Kier molecular flexibility index (Phi) is 3.95. The second-order valence-corrected chi connectivity index (χ2v) is 6.32. The first-order chi connectivity index (χ1) is 12.6. The summed E-state index contributed by atoms with van der Waals surface area (Å²) in [5, 5.41) is 6.76. The number of aromatic nitrogens is 1. The summed E-state index contributed by atoms with van der Waals surface area (Å²) in [6.45, 7) is 0. The second-order valence-electron chi connectivity index (χ2n) is 6.32. The topological polar surface area (TPSA) is 64.4 Å². The normalized spacial score (nSPS) is 14.7. The zero-order chi connectivity index (χ0) is 18.1. The maximum atomic E-state index is 13.8. The Bertz CT molecular complexity index is 963. The van der Waals surface area contributed by atoms with Crippen LogP contribution >= 0.6 is 0 Å². The Morgan fingerprint density at radius 3 is 2.73 bits per heavy atom. The van der Waals surface area contributed by atoms with E-state index in [0.29, 0.717) is 30.0 Å². The van der Waals surface area contributed by atoms with Gasteiger partial charge in [0.05, 0.1) is 23.9 Å². The standard InChI is InChI=1S/C20H17FN2O3/c1-25-14-6-4-5-13(11-14)17-12-18(23-26-17)20(9-10-20)19(24)22-16-8-3-2-7-15(16)21/h2-8,11-12H,9-10H2,1H3,(H,22,24). The molecule has 1 aromatic heterocycles. The van der Waals surface area contributed by atoms with Gasteiger partial charge in [0.25, 0.3) is 0 Å². The Morgan fingerprint density at radius 2 is 2.00 bits per heavy atom. The van der Waals surface area contributed by atoms with E-state index < -0.39 is 11.2 Å². The molecule has 1 aliphatic carbocycles. The summed E-state index contributed by atoms with van der Waals surface area (Å²) >= 11 is 0. The lowest BCUT2D eigenvalue weighted by atomic mass is 10.00. The van der Waals surface area contributed by atoms with Gasteiger partial charge in [-0.25, -0.2) is 4.39 Å². The van der Waals surface area contributed by atoms with E-state index in [-0.39, 0.29) is 11.6 Å². The molecule has 2 aromatic carbocycles. The van der Waals surface area contributed by atoms with Gasteiger partial charge in [-0.2, -0.15) is 0 Å². The molecule has 1 saturated carbocycles. The lowest BCUT2D eigenvalue weighted by molar-refractivity contribution is -0.118. The van der Waals surface area contributed by atoms with Gasteiger partial charge in [0.2, 0.25) is 5.91 Å². The van der Waals surface area contributed by atoms with E-state index in [2.05, 4.69) is 10.5 Å². The van der Waals surface area contributed by atoms with Crippen LogP contribution in [0.1, 0.15) is 18.5 Å². The van der Waals surface area contributed by atoms with Crippen molar-refractivity contribution in [2.75, 3.05) is 12.4 Å². The molecular formula is C20H17FN2O3. The van der Waals surface area contributed by atoms with Crippen molar-refractivity contribution in [1.29, 1.82) is 0 Å². The fraction of sp³-hybridized carbons (Fsp3) is 0.200. The molecule has 0 radical (unpaired) electrons. The van der Waals surface area contributed by atoms with Crippen LogP contribution in [-0.4, -0.2) is 18.2 Å². The highest BCUT2D eigenvalue weighted by molar-refractivity contribution is 6.01. The molecule has 1 aliphatic rings. The molecule has 3 aromatic rings. The van der Waals surface area contributed by atoms with Crippen molar-refractivity contribution >= 4 is 11.6 Å². The molecule has 132 valence electrons. The zero-order valence-electron chi connectivity index (χ0n) is 14.2. The van der Waals surface area contributed by atoms with E-state index in [4.69, 9.17) is 9.26 Å². The third-order valence-corrected chi connectivity index (χ3v) is 4.66. The lowest BCUT2D eigenvalue weighted by Crippen LogP contribution is -2.28. The number of amides is 1. The number of rotatable bonds is 5. The number of para-hydroxylation sites is 1. The van der Waals surface area contributed by atoms with Gasteiger partial charge in [-0.1, -0.05) is 29.4 Å². The highest BCUT2D eigenvalue weighted by Gasteiger charge is 2.54. The van der Waals surface area contributed by atoms with E-state index in [1.54, 1.807) is 25.3 Å². The average molecular weight is 352 g/mol. The average Bonchev–Trinajstić information content (AvgIpc) is 3.33. The predicted molar refractivity (Wildman–Crippen MR) is 94.4 cm³/mol. The number of halogens is 1. The highest BCUT2D eigenvalue weighted by Crippen LogP contribution is 2.49. The predicted octanol–water partition coefficient (Wildman–Crippen LogP) is 4.16. The summed E-state index contributed by atoms with van der Waals surface area (Å²) in [5.41, 5.74) is 0.779. The first-order valence-electron chi connectivity index (χ1n) is 8.30. The molecule has 5 nitrogen and oxygen atoms in total. The van der Waals surface area contributed by atoms with Crippen LogP contribution in [0.3, 0.4) is 0 Å². The molecule has 0 bridgehead atoms. The van der Waals surface area contributed by atoms with Crippen molar-refractivity contribution in [3.05, 3.63) is 66.1 Å². The van der Waals surface area contributed by atoms with Gasteiger partial charge in [-0.15, -0.1) is 0 Å². The number of carbonyl (C=O) groups is 1. The number of hydrogen-bond donors (Lipinski definition) is 1. The van der Waals surface area contributed by atoms with Crippen molar-refractivity contribution in [1.82, 2.24) is 5.16 Å². The van der Waals surface area contributed by atoms with Crippen LogP contribution in [-0.2, 0) is 10.2 Å². The quantitative estimate of drug-likeness (QED) is 0.749. The van der Waals surface area contributed by atoms with Crippen LogP contribution in [0.2, 0.25) is 0 Å². The van der Waals surface area contributed by atoms with Crippen LogP contribution in [0.25, 0.3) is 11.3 Å². The summed E-state index contributed by atoms with van der Waals surface area (Å²) in [7, 11) is 1.59. The van der Waals surface area contributed by atoms with Crippen molar-refractivity contribution in [2.24, 2.45) is 0 Å². The third-order valence-electron chi connectivity index (χ3n) is 4.66. The number of nitrogens with one attached hydrogen (secondary N) is 1. The molecule has 0 aliphatic heterocycles. The van der Waals surface area contributed by atoms with Crippen molar-refractivity contribution in [3.63, 3.8) is 0 Å². The molecule has 6 heteroatoms. The van der Waals surface area contributed by atoms with Gasteiger partial charge < -0.3 is 14.6 Å². The molecule has 4 rings (SSSR count). The summed E-state index contributed by atoms with van der Waals surface area (Å²) in [6.07, 6.45) is 1.30.